The normalized spacial score (nSPS) is 21.9. The van der Waals surface area contributed by atoms with Crippen LogP contribution in [0.5, 0.6) is 0 Å². The summed E-state index contributed by atoms with van der Waals surface area (Å²) in [6.45, 7) is 6.30. The van der Waals surface area contributed by atoms with E-state index in [1.54, 1.807) is 0 Å². The zero-order chi connectivity index (χ0) is 20.7. The summed E-state index contributed by atoms with van der Waals surface area (Å²) < 4.78 is 3.00. The monoisotopic (exact) mass is 461 g/mol. The second kappa shape index (κ2) is 8.29. The van der Waals surface area contributed by atoms with E-state index < -0.39 is 0 Å². The third kappa shape index (κ3) is 4.06. The van der Waals surface area contributed by atoms with Crippen LogP contribution >= 0.6 is 34.5 Å². The van der Waals surface area contributed by atoms with Crippen LogP contribution in [-0.2, 0) is 13.0 Å². The lowest BCUT2D eigenvalue weighted by Crippen LogP contribution is -2.32. The predicted molar refractivity (Wildman–Crippen MR) is 126 cm³/mol. The molecule has 1 spiro atoms. The van der Waals surface area contributed by atoms with Crippen LogP contribution < -0.4 is 10.2 Å². The van der Waals surface area contributed by atoms with Crippen LogP contribution in [0, 0.1) is 5.41 Å². The van der Waals surface area contributed by atoms with Gasteiger partial charge in [-0.25, -0.2) is 0 Å². The van der Waals surface area contributed by atoms with Gasteiger partial charge in [-0.1, -0.05) is 46.7 Å². The van der Waals surface area contributed by atoms with Crippen LogP contribution in [0.15, 0.2) is 41.2 Å². The number of benzene rings is 2. The van der Waals surface area contributed by atoms with Gasteiger partial charge in [0.1, 0.15) is 0 Å². The van der Waals surface area contributed by atoms with Gasteiger partial charge in [0.2, 0.25) is 0 Å². The van der Waals surface area contributed by atoms with Crippen molar-refractivity contribution in [3.63, 3.8) is 0 Å². The molecule has 0 bridgehead atoms. The summed E-state index contributed by atoms with van der Waals surface area (Å²) in [6, 6.07) is 12.1. The van der Waals surface area contributed by atoms with Crippen molar-refractivity contribution in [2.75, 3.05) is 32.7 Å². The van der Waals surface area contributed by atoms with Crippen molar-refractivity contribution in [1.29, 1.82) is 0 Å². The van der Waals surface area contributed by atoms with E-state index in [0.29, 0.717) is 15.5 Å². The largest absolute Gasteiger partial charge is 0.316 e. The van der Waals surface area contributed by atoms with Gasteiger partial charge in [-0.3, -0.25) is 9.36 Å². The SMILES string of the molecule is O=c1sc2cc(Cc3ccc(Cl)c(Cl)c3)ccc2n1CCN1CCC2(CCNC2)C1. The molecule has 1 unspecified atom stereocenters. The van der Waals surface area contributed by atoms with E-state index in [4.69, 9.17) is 23.2 Å². The van der Waals surface area contributed by atoms with E-state index >= 15 is 0 Å². The smallest absolute Gasteiger partial charge is 0.308 e. The Bertz CT molecular complexity index is 1130. The third-order valence-corrected chi connectivity index (χ3v) is 8.30. The molecule has 2 fully saturated rings. The minimum absolute atomic E-state index is 0.133. The number of thiazole rings is 1. The number of halogens is 2. The van der Waals surface area contributed by atoms with Gasteiger partial charge in [0.05, 0.1) is 20.3 Å². The number of likely N-dealkylation sites (tertiary alicyclic amines) is 1. The van der Waals surface area contributed by atoms with E-state index in [1.165, 1.54) is 29.7 Å². The molecule has 1 atom stereocenters. The summed E-state index contributed by atoms with van der Waals surface area (Å²) in [7, 11) is 0. The number of fused-ring (bicyclic) bond motifs is 1. The van der Waals surface area contributed by atoms with Gasteiger partial charge >= 0.3 is 4.87 Å². The summed E-state index contributed by atoms with van der Waals surface area (Å²) in [5, 5.41) is 4.65. The zero-order valence-electron chi connectivity index (χ0n) is 16.8. The van der Waals surface area contributed by atoms with Crippen molar-refractivity contribution in [2.45, 2.75) is 25.8 Å². The molecule has 4 nitrogen and oxygen atoms in total. The zero-order valence-corrected chi connectivity index (χ0v) is 19.1. The maximum Gasteiger partial charge on any atom is 0.308 e. The van der Waals surface area contributed by atoms with Crippen molar-refractivity contribution in [1.82, 2.24) is 14.8 Å². The molecule has 30 heavy (non-hydrogen) atoms. The quantitative estimate of drug-likeness (QED) is 0.600. The molecule has 158 valence electrons. The summed E-state index contributed by atoms with van der Waals surface area (Å²) in [5.74, 6) is 0. The Morgan fingerprint density at radius 2 is 1.87 bits per heavy atom. The highest BCUT2D eigenvalue weighted by Gasteiger charge is 2.39. The molecule has 3 heterocycles. The Morgan fingerprint density at radius 3 is 2.67 bits per heavy atom. The molecule has 1 aromatic heterocycles. The first-order valence-electron chi connectivity index (χ1n) is 10.5. The Labute approximate surface area is 190 Å². The second-order valence-corrected chi connectivity index (χ2v) is 10.5. The lowest BCUT2D eigenvalue weighted by Gasteiger charge is -2.22. The maximum absolute atomic E-state index is 12.7. The second-order valence-electron chi connectivity index (χ2n) is 8.70. The Morgan fingerprint density at radius 1 is 1.03 bits per heavy atom. The predicted octanol–water partition coefficient (Wildman–Crippen LogP) is 4.65. The molecular weight excluding hydrogens is 437 g/mol. The lowest BCUT2D eigenvalue weighted by molar-refractivity contribution is 0.267. The van der Waals surface area contributed by atoms with Gasteiger partial charge in [-0.15, -0.1) is 0 Å². The fourth-order valence-corrected chi connectivity index (χ4v) is 6.22. The van der Waals surface area contributed by atoms with Crippen LogP contribution in [0.25, 0.3) is 10.2 Å². The third-order valence-electron chi connectivity index (χ3n) is 6.61. The molecule has 0 radical (unpaired) electrons. The van der Waals surface area contributed by atoms with Gasteiger partial charge in [0, 0.05) is 26.2 Å². The molecule has 0 aliphatic carbocycles. The standard InChI is InChI=1S/C23H25Cl2N3OS/c24-18-3-1-16(12-19(18)25)11-17-2-4-20-21(13-17)30-22(29)28(20)10-9-27-8-6-23(15-27)5-7-26-14-23/h1-4,12-13,26H,5-11,14-15H2. The fraction of sp³-hybridized carbons (Fsp3) is 0.435. The van der Waals surface area contributed by atoms with Crippen LogP contribution in [0.2, 0.25) is 10.0 Å². The lowest BCUT2D eigenvalue weighted by atomic mass is 9.87. The van der Waals surface area contributed by atoms with E-state index in [-0.39, 0.29) is 4.87 Å². The molecule has 2 aliphatic rings. The Balaban J connectivity index is 1.30. The van der Waals surface area contributed by atoms with Gasteiger partial charge in [0.25, 0.3) is 0 Å². The van der Waals surface area contributed by atoms with Crippen molar-refractivity contribution >= 4 is 44.8 Å². The minimum atomic E-state index is 0.133. The molecule has 1 N–H and O–H groups in total. The van der Waals surface area contributed by atoms with E-state index in [9.17, 15) is 4.79 Å². The summed E-state index contributed by atoms with van der Waals surface area (Å²) in [6.07, 6.45) is 3.33. The highest BCUT2D eigenvalue weighted by Crippen LogP contribution is 2.36. The molecule has 2 saturated heterocycles. The van der Waals surface area contributed by atoms with Crippen LogP contribution in [0.3, 0.4) is 0 Å². The number of aromatic nitrogens is 1. The first kappa shape index (κ1) is 20.5. The summed E-state index contributed by atoms with van der Waals surface area (Å²) in [5.41, 5.74) is 3.80. The van der Waals surface area contributed by atoms with Crippen LogP contribution in [0.4, 0.5) is 0 Å². The molecule has 3 aromatic rings. The molecule has 2 aromatic carbocycles. The Hall–Kier alpha value is -1.37. The molecule has 0 amide bonds. The number of hydrogen-bond acceptors (Lipinski definition) is 4. The number of hydrogen-bond donors (Lipinski definition) is 1. The van der Waals surface area contributed by atoms with E-state index in [1.807, 2.05) is 22.8 Å². The number of rotatable bonds is 5. The molecule has 5 rings (SSSR count). The fourth-order valence-electron chi connectivity index (χ4n) is 4.92. The molecule has 2 aliphatic heterocycles. The van der Waals surface area contributed by atoms with E-state index in [0.717, 1.165) is 61.5 Å². The van der Waals surface area contributed by atoms with Gasteiger partial charge in [-0.05, 0) is 73.2 Å². The van der Waals surface area contributed by atoms with Crippen molar-refractivity contribution in [3.8, 4) is 0 Å². The summed E-state index contributed by atoms with van der Waals surface area (Å²) >= 11 is 13.5. The van der Waals surface area contributed by atoms with Crippen molar-refractivity contribution in [2.24, 2.45) is 5.41 Å². The van der Waals surface area contributed by atoms with Crippen LogP contribution in [-0.4, -0.2) is 42.2 Å². The Kier molecular flexibility index (Phi) is 5.67. The topological polar surface area (TPSA) is 37.3 Å². The highest BCUT2D eigenvalue weighted by atomic mass is 35.5. The highest BCUT2D eigenvalue weighted by molar-refractivity contribution is 7.16. The van der Waals surface area contributed by atoms with Crippen LogP contribution in [0.1, 0.15) is 24.0 Å². The van der Waals surface area contributed by atoms with Gasteiger partial charge in [-0.2, -0.15) is 0 Å². The number of nitrogens with one attached hydrogen (secondary N) is 1. The maximum atomic E-state index is 12.7. The van der Waals surface area contributed by atoms with Gasteiger partial charge in [0.15, 0.2) is 0 Å². The first-order valence-corrected chi connectivity index (χ1v) is 12.1. The average Bonchev–Trinajstić information content (AvgIpc) is 3.43. The summed E-state index contributed by atoms with van der Waals surface area (Å²) in [4.78, 5) is 15.3. The first-order chi connectivity index (χ1) is 14.5. The van der Waals surface area contributed by atoms with Crippen molar-refractivity contribution in [3.05, 3.63) is 67.2 Å². The van der Waals surface area contributed by atoms with Gasteiger partial charge < -0.3 is 10.2 Å². The van der Waals surface area contributed by atoms with E-state index in [2.05, 4.69) is 28.4 Å². The molecule has 0 saturated carbocycles. The number of nitrogens with zero attached hydrogens (tertiary/aromatic N) is 2. The average molecular weight is 462 g/mol. The van der Waals surface area contributed by atoms with Crippen molar-refractivity contribution < 1.29 is 0 Å². The molecule has 7 heteroatoms. The molecular formula is C23H25Cl2N3OS. The minimum Gasteiger partial charge on any atom is -0.316 e.